The summed E-state index contributed by atoms with van der Waals surface area (Å²) < 4.78 is 0. The Balaban J connectivity index is 1.34. The molecule has 0 saturated heterocycles. The van der Waals surface area contributed by atoms with Crippen LogP contribution in [0.2, 0.25) is 0 Å². The van der Waals surface area contributed by atoms with Gasteiger partial charge in [-0.25, -0.2) is 9.97 Å². The van der Waals surface area contributed by atoms with Gasteiger partial charge in [0.15, 0.2) is 5.82 Å². The van der Waals surface area contributed by atoms with Crippen molar-refractivity contribution in [1.29, 1.82) is 0 Å². The van der Waals surface area contributed by atoms with Crippen molar-refractivity contribution in [3.8, 4) is 22.5 Å². The smallest absolute Gasteiger partial charge is 0.303 e. The first-order chi connectivity index (χ1) is 18.6. The van der Waals surface area contributed by atoms with Crippen LogP contribution in [0.1, 0.15) is 108 Å². The maximum absolute atomic E-state index is 10.7. The van der Waals surface area contributed by atoms with E-state index in [0.29, 0.717) is 6.42 Å². The van der Waals surface area contributed by atoms with Gasteiger partial charge in [-0.05, 0) is 66.2 Å². The second kappa shape index (κ2) is 14.2. The summed E-state index contributed by atoms with van der Waals surface area (Å²) in [6.07, 6.45) is 20.9. The maximum Gasteiger partial charge on any atom is 0.303 e. The number of rotatable bonds is 15. The Morgan fingerprint density at radius 3 is 1.97 bits per heavy atom. The van der Waals surface area contributed by atoms with Crippen molar-refractivity contribution >= 4 is 5.97 Å². The standard InChI is InChI=1S/C34H44N2O2/c1-2-3-7-12-27-14-16-28(17-15-27)29-18-20-30(21-19-29)33-35-25-31(26-36-33)34(23-10-11-24-34)22-9-6-4-5-8-13-32(37)38/h14-21,25-26H,2-13,22-24H2,1H3,(H,37,38). The lowest BCUT2D eigenvalue weighted by molar-refractivity contribution is -0.137. The Bertz CT molecular complexity index is 1110. The molecular formula is C34H44N2O2. The van der Waals surface area contributed by atoms with E-state index >= 15 is 0 Å². The van der Waals surface area contributed by atoms with Crippen LogP contribution in [-0.4, -0.2) is 21.0 Å². The number of nitrogens with zero attached hydrogens (tertiary/aromatic N) is 2. The quantitative estimate of drug-likeness (QED) is 0.206. The Labute approximate surface area is 229 Å². The van der Waals surface area contributed by atoms with Gasteiger partial charge in [-0.2, -0.15) is 0 Å². The highest BCUT2D eigenvalue weighted by Gasteiger charge is 2.35. The number of hydrogen-bond acceptors (Lipinski definition) is 3. The van der Waals surface area contributed by atoms with E-state index < -0.39 is 5.97 Å². The van der Waals surface area contributed by atoms with Crippen LogP contribution in [-0.2, 0) is 16.6 Å². The van der Waals surface area contributed by atoms with Crippen LogP contribution >= 0.6 is 0 Å². The van der Waals surface area contributed by atoms with Crippen molar-refractivity contribution in [3.63, 3.8) is 0 Å². The molecule has 4 rings (SSSR count). The Kier molecular flexibility index (Phi) is 10.5. The predicted molar refractivity (Wildman–Crippen MR) is 156 cm³/mol. The third-order valence-electron chi connectivity index (χ3n) is 8.37. The molecule has 38 heavy (non-hydrogen) atoms. The fraction of sp³-hybridized carbons (Fsp3) is 0.500. The van der Waals surface area contributed by atoms with Gasteiger partial charge in [-0.3, -0.25) is 4.79 Å². The highest BCUT2D eigenvalue weighted by molar-refractivity contribution is 5.68. The van der Waals surface area contributed by atoms with E-state index in [1.807, 2.05) is 0 Å². The SMILES string of the molecule is CCCCCc1ccc(-c2ccc(-c3ncc(C4(CCCCCCCC(=O)O)CCCC4)cn3)cc2)cc1. The van der Waals surface area contributed by atoms with Crippen molar-refractivity contribution in [2.24, 2.45) is 0 Å². The molecule has 1 aliphatic carbocycles. The van der Waals surface area contributed by atoms with Gasteiger partial charge >= 0.3 is 5.97 Å². The van der Waals surface area contributed by atoms with Crippen molar-refractivity contribution < 1.29 is 9.90 Å². The molecule has 1 aliphatic rings. The van der Waals surface area contributed by atoms with Crippen molar-refractivity contribution in [2.45, 2.75) is 109 Å². The first-order valence-electron chi connectivity index (χ1n) is 14.8. The lowest BCUT2D eigenvalue weighted by Crippen LogP contribution is -2.22. The zero-order chi connectivity index (χ0) is 26.6. The summed E-state index contributed by atoms with van der Waals surface area (Å²) in [6.45, 7) is 2.25. The molecular weight excluding hydrogens is 468 g/mol. The van der Waals surface area contributed by atoms with E-state index in [0.717, 1.165) is 37.1 Å². The molecule has 0 aliphatic heterocycles. The lowest BCUT2D eigenvalue weighted by atomic mass is 9.76. The monoisotopic (exact) mass is 512 g/mol. The Hall–Kier alpha value is -3.01. The normalized spacial score (nSPS) is 14.6. The molecule has 4 heteroatoms. The second-order valence-corrected chi connectivity index (χ2v) is 11.2. The summed E-state index contributed by atoms with van der Waals surface area (Å²) in [5, 5.41) is 8.80. The lowest BCUT2D eigenvalue weighted by Gasteiger charge is -2.29. The van der Waals surface area contributed by atoms with Crippen LogP contribution in [0.15, 0.2) is 60.9 Å². The zero-order valence-corrected chi connectivity index (χ0v) is 23.1. The van der Waals surface area contributed by atoms with Crippen LogP contribution < -0.4 is 0 Å². The Morgan fingerprint density at radius 1 is 0.763 bits per heavy atom. The molecule has 202 valence electrons. The van der Waals surface area contributed by atoms with E-state index in [2.05, 4.69) is 67.8 Å². The minimum Gasteiger partial charge on any atom is -0.481 e. The van der Waals surface area contributed by atoms with Crippen molar-refractivity contribution in [1.82, 2.24) is 9.97 Å². The highest BCUT2D eigenvalue weighted by atomic mass is 16.4. The van der Waals surface area contributed by atoms with Gasteiger partial charge in [-0.15, -0.1) is 0 Å². The number of carboxylic acid groups (broad SMARTS) is 1. The maximum atomic E-state index is 10.7. The molecule has 0 spiro atoms. The van der Waals surface area contributed by atoms with Gasteiger partial charge in [0.05, 0.1) is 0 Å². The van der Waals surface area contributed by atoms with E-state index in [1.165, 1.54) is 86.5 Å². The molecule has 1 N–H and O–H groups in total. The Morgan fingerprint density at radius 2 is 1.34 bits per heavy atom. The first kappa shape index (κ1) is 28.0. The summed E-state index contributed by atoms with van der Waals surface area (Å²) in [4.78, 5) is 20.3. The van der Waals surface area contributed by atoms with Gasteiger partial charge < -0.3 is 5.11 Å². The molecule has 1 saturated carbocycles. The van der Waals surface area contributed by atoms with Crippen LogP contribution in [0.3, 0.4) is 0 Å². The third-order valence-corrected chi connectivity index (χ3v) is 8.37. The summed E-state index contributed by atoms with van der Waals surface area (Å²) in [7, 11) is 0. The number of benzene rings is 2. The molecule has 0 unspecified atom stereocenters. The molecule has 1 heterocycles. The van der Waals surface area contributed by atoms with E-state index in [9.17, 15) is 4.79 Å². The summed E-state index contributed by atoms with van der Waals surface area (Å²) in [5.41, 5.74) is 6.45. The second-order valence-electron chi connectivity index (χ2n) is 11.2. The van der Waals surface area contributed by atoms with E-state index in [-0.39, 0.29) is 5.41 Å². The topological polar surface area (TPSA) is 63.1 Å². The number of carbonyl (C=O) groups is 1. The third kappa shape index (κ3) is 7.75. The number of aliphatic carboxylic acids is 1. The number of aryl methyl sites for hydroxylation is 1. The van der Waals surface area contributed by atoms with Gasteiger partial charge in [0.2, 0.25) is 0 Å². The molecule has 0 amide bonds. The summed E-state index contributed by atoms with van der Waals surface area (Å²) >= 11 is 0. The summed E-state index contributed by atoms with van der Waals surface area (Å²) in [6, 6.07) is 17.6. The first-order valence-corrected chi connectivity index (χ1v) is 14.8. The molecule has 1 fully saturated rings. The minimum atomic E-state index is -0.683. The molecule has 2 aromatic carbocycles. The molecule has 3 aromatic rings. The van der Waals surface area contributed by atoms with Gasteiger partial charge in [-0.1, -0.05) is 107 Å². The molecule has 0 atom stereocenters. The van der Waals surface area contributed by atoms with Gasteiger partial charge in [0, 0.05) is 24.4 Å². The van der Waals surface area contributed by atoms with Crippen LogP contribution in [0.4, 0.5) is 0 Å². The van der Waals surface area contributed by atoms with E-state index in [1.54, 1.807) is 0 Å². The number of hydrogen-bond donors (Lipinski definition) is 1. The molecule has 0 radical (unpaired) electrons. The molecule has 1 aromatic heterocycles. The van der Waals surface area contributed by atoms with Crippen molar-refractivity contribution in [2.75, 3.05) is 0 Å². The number of aromatic nitrogens is 2. The van der Waals surface area contributed by atoms with Crippen LogP contribution in [0.25, 0.3) is 22.5 Å². The zero-order valence-electron chi connectivity index (χ0n) is 23.1. The van der Waals surface area contributed by atoms with Crippen LogP contribution in [0.5, 0.6) is 0 Å². The predicted octanol–water partition coefficient (Wildman–Crippen LogP) is 9.17. The van der Waals surface area contributed by atoms with Gasteiger partial charge in [0.1, 0.15) is 0 Å². The summed E-state index contributed by atoms with van der Waals surface area (Å²) in [5.74, 6) is 0.107. The fourth-order valence-electron chi connectivity index (χ4n) is 6.01. The molecule has 4 nitrogen and oxygen atoms in total. The van der Waals surface area contributed by atoms with Crippen LogP contribution in [0, 0.1) is 0 Å². The number of carboxylic acids is 1. The molecule has 0 bridgehead atoms. The van der Waals surface area contributed by atoms with E-state index in [4.69, 9.17) is 15.1 Å². The van der Waals surface area contributed by atoms with Gasteiger partial charge in [0.25, 0.3) is 0 Å². The number of unbranched alkanes of at least 4 members (excludes halogenated alkanes) is 6. The highest BCUT2D eigenvalue weighted by Crippen LogP contribution is 2.44. The fourth-order valence-corrected chi connectivity index (χ4v) is 6.01. The van der Waals surface area contributed by atoms with Crippen molar-refractivity contribution in [3.05, 3.63) is 72.1 Å². The minimum absolute atomic E-state index is 0.214. The largest absolute Gasteiger partial charge is 0.481 e. The average molecular weight is 513 g/mol. The average Bonchev–Trinajstić information content (AvgIpc) is 3.43.